The molecule has 1 aromatic rings. The van der Waals surface area contributed by atoms with Gasteiger partial charge in [0.1, 0.15) is 16.8 Å². The smallest absolute Gasteiger partial charge is 0.386 e. The highest BCUT2D eigenvalue weighted by molar-refractivity contribution is 6.05. The Morgan fingerprint density at radius 3 is 2.20 bits per heavy atom. The first-order valence-corrected chi connectivity index (χ1v) is 11.2. The first kappa shape index (κ1) is 27.4. The van der Waals surface area contributed by atoms with Crippen molar-refractivity contribution in [2.24, 2.45) is 5.41 Å². The molecule has 2 fully saturated rings. The summed E-state index contributed by atoms with van der Waals surface area (Å²) in [5, 5.41) is 16.2. The summed E-state index contributed by atoms with van der Waals surface area (Å²) >= 11 is 0. The number of ketones is 1. The highest BCUT2D eigenvalue weighted by atomic mass is 19.4. The zero-order chi connectivity index (χ0) is 26.2. The molecule has 196 valence electrons. The van der Waals surface area contributed by atoms with Crippen LogP contribution in [-0.2, 0) is 33.2 Å². The predicted molar refractivity (Wildman–Crippen MR) is 112 cm³/mol. The lowest BCUT2D eigenvalue weighted by Crippen LogP contribution is -2.57. The number of aliphatic hydroxyl groups is 1. The van der Waals surface area contributed by atoms with Crippen molar-refractivity contribution in [2.45, 2.75) is 76.1 Å². The van der Waals surface area contributed by atoms with Crippen LogP contribution in [0.25, 0.3) is 0 Å². The molecular weight excluding hydrogens is 482 g/mol. The summed E-state index contributed by atoms with van der Waals surface area (Å²) in [5.41, 5.74) is -5.95. The van der Waals surface area contributed by atoms with E-state index >= 15 is 0 Å². The number of amides is 1. The molecule has 0 bridgehead atoms. The van der Waals surface area contributed by atoms with Gasteiger partial charge in [0.2, 0.25) is 5.91 Å². The number of halogens is 6. The van der Waals surface area contributed by atoms with E-state index in [1.165, 1.54) is 6.92 Å². The minimum Gasteiger partial charge on any atom is -0.386 e. The van der Waals surface area contributed by atoms with Gasteiger partial charge in [-0.25, -0.2) is 0 Å². The second-order valence-electron chi connectivity index (χ2n) is 9.59. The van der Waals surface area contributed by atoms with E-state index in [1.807, 2.05) is 0 Å². The molecule has 3 N–H and O–H groups in total. The zero-order valence-corrected chi connectivity index (χ0v) is 19.3. The highest BCUT2D eigenvalue weighted by Crippen LogP contribution is 2.41. The van der Waals surface area contributed by atoms with Crippen LogP contribution in [0.5, 0.6) is 0 Å². The van der Waals surface area contributed by atoms with E-state index in [-0.39, 0.29) is 43.2 Å². The number of ether oxygens (including phenoxy) is 1. The third kappa shape index (κ3) is 6.15. The summed E-state index contributed by atoms with van der Waals surface area (Å²) in [5.74, 6) is -1.20. The lowest BCUT2D eigenvalue weighted by molar-refractivity contribution is -0.143. The largest absolute Gasteiger partial charge is 0.416 e. The molecule has 6 nitrogen and oxygen atoms in total. The first-order chi connectivity index (χ1) is 16.0. The lowest BCUT2D eigenvalue weighted by atomic mass is 9.80. The summed E-state index contributed by atoms with van der Waals surface area (Å²) in [6.07, 6.45) is -8.79. The highest BCUT2D eigenvalue weighted by Gasteiger charge is 2.50. The number of rotatable bonds is 6. The second kappa shape index (κ2) is 9.70. The Balaban J connectivity index is 1.74. The zero-order valence-electron chi connectivity index (χ0n) is 19.3. The maximum absolute atomic E-state index is 13.1. The molecule has 1 aromatic carbocycles. The number of hydrogen-bond donors (Lipinski definition) is 3. The molecule has 0 radical (unpaired) electrons. The summed E-state index contributed by atoms with van der Waals surface area (Å²) in [6, 6.07) is 0.494. The van der Waals surface area contributed by atoms with Gasteiger partial charge in [0.05, 0.1) is 17.7 Å². The Bertz CT molecular complexity index is 930. The fourth-order valence-corrected chi connectivity index (χ4v) is 4.79. The number of Topliss-reactive ketones (excluding diaryl/α,β-unsaturated/α-hetero) is 1. The molecule has 2 aliphatic rings. The fraction of sp³-hybridized carbons (Fsp3) is 0.652. The van der Waals surface area contributed by atoms with Crippen molar-refractivity contribution in [3.63, 3.8) is 0 Å². The average Bonchev–Trinajstić information content (AvgIpc) is 3.17. The number of nitrogens with one attached hydrogen (secondary N) is 2. The molecule has 1 heterocycles. The summed E-state index contributed by atoms with van der Waals surface area (Å²) in [7, 11) is 0. The van der Waals surface area contributed by atoms with Crippen molar-refractivity contribution in [1.29, 1.82) is 0 Å². The van der Waals surface area contributed by atoms with Crippen LogP contribution in [0.3, 0.4) is 0 Å². The van der Waals surface area contributed by atoms with Gasteiger partial charge in [0, 0.05) is 25.2 Å². The fourth-order valence-electron chi connectivity index (χ4n) is 4.79. The standard InChI is InChI=1S/C23H28F6N2O4/c1-13(32)21(5-3-17(10-21)31-18-4-6-35-12-20(18,2)34)19(33)30-11-14-7-15(22(24,25)26)9-16(8-14)23(27,28)29/h7-9,17-18,31,34H,3-6,10-12H2,1-2H3,(H,30,33)/t17-,18?,20?,21+/m1/s1. The molecule has 1 saturated carbocycles. The van der Waals surface area contributed by atoms with Gasteiger partial charge >= 0.3 is 12.4 Å². The van der Waals surface area contributed by atoms with Crippen molar-refractivity contribution >= 4 is 11.7 Å². The van der Waals surface area contributed by atoms with Gasteiger partial charge in [-0.3, -0.25) is 9.59 Å². The molecule has 2 unspecified atom stereocenters. The van der Waals surface area contributed by atoms with Gasteiger partial charge in [-0.2, -0.15) is 26.3 Å². The van der Waals surface area contributed by atoms with Crippen LogP contribution in [0.1, 0.15) is 56.2 Å². The van der Waals surface area contributed by atoms with Crippen LogP contribution < -0.4 is 10.6 Å². The summed E-state index contributed by atoms with van der Waals surface area (Å²) in [4.78, 5) is 25.5. The molecule has 4 atom stereocenters. The molecule has 1 amide bonds. The minimum absolute atomic E-state index is 0.0147. The van der Waals surface area contributed by atoms with Gasteiger partial charge in [-0.05, 0) is 63.3 Å². The third-order valence-corrected chi connectivity index (χ3v) is 6.86. The predicted octanol–water partition coefficient (Wildman–Crippen LogP) is 3.60. The van der Waals surface area contributed by atoms with Crippen LogP contribution >= 0.6 is 0 Å². The molecule has 1 saturated heterocycles. The Kier molecular flexibility index (Phi) is 7.60. The van der Waals surface area contributed by atoms with E-state index in [4.69, 9.17) is 4.74 Å². The number of hydrogen-bond acceptors (Lipinski definition) is 5. The van der Waals surface area contributed by atoms with Crippen molar-refractivity contribution < 1.29 is 45.8 Å². The van der Waals surface area contributed by atoms with Crippen molar-refractivity contribution in [3.05, 3.63) is 34.9 Å². The summed E-state index contributed by atoms with van der Waals surface area (Å²) < 4.78 is 83.9. The first-order valence-electron chi connectivity index (χ1n) is 11.2. The van der Waals surface area contributed by atoms with Crippen LogP contribution in [0, 0.1) is 5.41 Å². The number of benzene rings is 1. The SMILES string of the molecule is CC(=O)[C@]1(C(=O)NCc2cc(C(F)(F)F)cc(C(F)(F)F)c2)CC[C@@H](NC2CCOCC2(C)O)C1. The monoisotopic (exact) mass is 510 g/mol. The average molecular weight is 510 g/mol. The molecule has 35 heavy (non-hydrogen) atoms. The van der Waals surface area contributed by atoms with Gasteiger partial charge < -0.3 is 20.5 Å². The third-order valence-electron chi connectivity index (χ3n) is 6.86. The second-order valence-corrected chi connectivity index (χ2v) is 9.59. The van der Waals surface area contributed by atoms with Gasteiger partial charge in [0.25, 0.3) is 0 Å². The van der Waals surface area contributed by atoms with Gasteiger partial charge in [-0.1, -0.05) is 0 Å². The van der Waals surface area contributed by atoms with E-state index in [2.05, 4.69) is 10.6 Å². The van der Waals surface area contributed by atoms with Crippen LogP contribution in [0.15, 0.2) is 18.2 Å². The van der Waals surface area contributed by atoms with E-state index in [9.17, 15) is 41.0 Å². The van der Waals surface area contributed by atoms with Crippen molar-refractivity contribution in [2.75, 3.05) is 13.2 Å². The molecule has 12 heteroatoms. The Morgan fingerprint density at radius 2 is 1.69 bits per heavy atom. The van der Waals surface area contributed by atoms with Crippen LogP contribution in [0.4, 0.5) is 26.3 Å². The van der Waals surface area contributed by atoms with E-state index in [0.29, 0.717) is 31.6 Å². The summed E-state index contributed by atoms with van der Waals surface area (Å²) in [6.45, 7) is 2.82. The molecule has 0 spiro atoms. The lowest BCUT2D eigenvalue weighted by Gasteiger charge is -2.39. The quantitative estimate of drug-likeness (QED) is 0.402. The number of carbonyl (C=O) groups is 2. The van der Waals surface area contributed by atoms with Crippen molar-refractivity contribution in [3.8, 4) is 0 Å². The van der Waals surface area contributed by atoms with Crippen LogP contribution in [-0.4, -0.2) is 47.7 Å². The van der Waals surface area contributed by atoms with Gasteiger partial charge in [-0.15, -0.1) is 0 Å². The van der Waals surface area contributed by atoms with E-state index in [0.717, 1.165) is 0 Å². The maximum Gasteiger partial charge on any atom is 0.416 e. The normalized spacial score (nSPS) is 29.7. The molecule has 1 aliphatic carbocycles. The van der Waals surface area contributed by atoms with Gasteiger partial charge in [0.15, 0.2) is 0 Å². The Hall–Kier alpha value is -2.18. The number of alkyl halides is 6. The molecule has 0 aromatic heterocycles. The topological polar surface area (TPSA) is 87.7 Å². The Morgan fingerprint density at radius 1 is 1.09 bits per heavy atom. The van der Waals surface area contributed by atoms with Crippen LogP contribution in [0.2, 0.25) is 0 Å². The number of carbonyl (C=O) groups excluding carboxylic acids is 2. The van der Waals surface area contributed by atoms with E-state index < -0.39 is 52.7 Å². The molecule has 1 aliphatic heterocycles. The Labute approximate surface area is 198 Å². The minimum atomic E-state index is -5.00. The van der Waals surface area contributed by atoms with E-state index in [1.54, 1.807) is 6.92 Å². The molecular formula is C23H28F6N2O4. The molecule has 3 rings (SSSR count). The maximum atomic E-state index is 13.1. The van der Waals surface area contributed by atoms with Crippen molar-refractivity contribution in [1.82, 2.24) is 10.6 Å².